The SMILES string of the molecule is O.O.O.O.O.O.O.O.O.O=C([O-])C(=O)[O-].O=C([O-])C(=O)[O-].O=C([O-])C(=O)[O-].[Ce+3].[Ce+3]. The van der Waals surface area contributed by atoms with Crippen molar-refractivity contribution in [2.45, 2.75) is 0 Å². The third-order valence-corrected chi connectivity index (χ3v) is 0.500. The van der Waals surface area contributed by atoms with Gasteiger partial charge in [-0.1, -0.05) is 0 Å². The van der Waals surface area contributed by atoms with Crippen LogP contribution in [0.25, 0.3) is 0 Å². The molecule has 0 aromatic carbocycles. The van der Waals surface area contributed by atoms with Crippen molar-refractivity contribution in [3.8, 4) is 0 Å². The first kappa shape index (κ1) is 103. The van der Waals surface area contributed by atoms with Gasteiger partial charge in [-0.05, 0) is 0 Å². The molecular weight excluding hydrogens is 688 g/mol. The molecule has 0 rings (SSSR count). The fourth-order valence-electron chi connectivity index (χ4n) is 0. The minimum Gasteiger partial charge on any atom is -0.543 e. The van der Waals surface area contributed by atoms with Crippen LogP contribution in [0.3, 0.4) is 0 Å². The summed E-state index contributed by atoms with van der Waals surface area (Å²) in [7, 11) is 0. The maximum absolute atomic E-state index is 8.93. The molecule has 18 N–H and O–H groups in total. The van der Waals surface area contributed by atoms with Crippen LogP contribution < -0.4 is 30.6 Å². The molecule has 0 aliphatic heterocycles. The van der Waals surface area contributed by atoms with Gasteiger partial charge in [0, 0.05) is 0 Å². The Bertz CT molecular complexity index is 286. The van der Waals surface area contributed by atoms with Gasteiger partial charge < -0.3 is 109 Å². The molecular formula is C6H18Ce2O21. The number of hydrogen-bond acceptors (Lipinski definition) is 12. The van der Waals surface area contributed by atoms with Crippen molar-refractivity contribution in [3.05, 3.63) is 0 Å². The van der Waals surface area contributed by atoms with Crippen LogP contribution in [0.4, 0.5) is 0 Å². The number of rotatable bonds is 0. The number of aliphatic carboxylic acids is 6. The second kappa shape index (κ2) is 63.1. The monoisotopic (exact) mass is 706 g/mol. The Labute approximate surface area is 225 Å². The topological polar surface area (TPSA) is 524 Å². The van der Waals surface area contributed by atoms with Crippen LogP contribution in [0.15, 0.2) is 0 Å². The van der Waals surface area contributed by atoms with Gasteiger partial charge >= 0.3 is 83.5 Å². The summed E-state index contributed by atoms with van der Waals surface area (Å²) < 4.78 is 0. The minimum absolute atomic E-state index is 0. The van der Waals surface area contributed by atoms with Gasteiger partial charge in [-0.15, -0.1) is 0 Å². The van der Waals surface area contributed by atoms with Gasteiger partial charge in [-0.25, -0.2) is 0 Å². The Kier molecular flexibility index (Phi) is 225. The Morgan fingerprint density at radius 3 is 0.310 bits per heavy atom. The summed E-state index contributed by atoms with van der Waals surface area (Å²) in [5, 5.41) is 53.6. The fraction of sp³-hybridized carbons (Fsp3) is 0. The number of hydrogen-bond donors (Lipinski definition) is 0. The summed E-state index contributed by atoms with van der Waals surface area (Å²) >= 11 is 0. The van der Waals surface area contributed by atoms with E-state index in [0.717, 1.165) is 0 Å². The van der Waals surface area contributed by atoms with E-state index in [-0.39, 0.29) is 133 Å². The zero-order valence-electron chi connectivity index (χ0n) is 13.4. The minimum atomic E-state index is -2.19. The predicted octanol–water partition coefficient (Wildman–Crippen LogP) is -18.0. The quantitative estimate of drug-likeness (QED) is 0.212. The van der Waals surface area contributed by atoms with Gasteiger partial charge in [0.05, 0.1) is 35.8 Å². The van der Waals surface area contributed by atoms with Crippen molar-refractivity contribution < 1.29 is 192 Å². The third kappa shape index (κ3) is 138. The molecule has 2 radical (unpaired) electrons. The molecule has 0 atom stereocenters. The largest absolute Gasteiger partial charge is 3.00 e. The van der Waals surface area contributed by atoms with E-state index in [0.29, 0.717) is 0 Å². The van der Waals surface area contributed by atoms with E-state index in [1.165, 1.54) is 0 Å². The number of carboxylic acids is 6. The van der Waals surface area contributed by atoms with Gasteiger partial charge in [0.15, 0.2) is 0 Å². The van der Waals surface area contributed by atoms with E-state index < -0.39 is 35.8 Å². The first-order chi connectivity index (χ1) is 7.93. The molecule has 0 saturated heterocycles. The zero-order valence-corrected chi connectivity index (χ0v) is 19.7. The molecule has 0 fully saturated rings. The van der Waals surface area contributed by atoms with Crippen LogP contribution in [0.1, 0.15) is 0 Å². The van der Waals surface area contributed by atoms with Gasteiger partial charge in [-0.3, -0.25) is 0 Å². The molecule has 23 heteroatoms. The molecule has 0 aliphatic rings. The van der Waals surface area contributed by atoms with E-state index in [4.69, 9.17) is 59.4 Å². The summed E-state index contributed by atoms with van der Waals surface area (Å²) in [6.07, 6.45) is 0. The van der Waals surface area contributed by atoms with Crippen LogP contribution in [-0.2, 0) is 28.8 Å². The van der Waals surface area contributed by atoms with Gasteiger partial charge in [-0.2, -0.15) is 0 Å². The van der Waals surface area contributed by atoms with Crippen molar-refractivity contribution in [2.75, 3.05) is 0 Å². The second-order valence-electron chi connectivity index (χ2n) is 1.72. The van der Waals surface area contributed by atoms with Gasteiger partial charge in [0.1, 0.15) is 0 Å². The molecule has 0 amide bonds. The molecule has 21 nitrogen and oxygen atoms in total. The van der Waals surface area contributed by atoms with Crippen LogP contribution in [0.2, 0.25) is 0 Å². The standard InChI is InChI=1S/3C2H2O4.2Ce.9H2O/c3*3-1(4)2(5)6;;;;;;;;;;;/h3*(H,3,4)(H,5,6);;;9*1H2/q;;;2*+3;;;;;;;;;/p-6. The molecule has 0 aromatic heterocycles. The van der Waals surface area contributed by atoms with Crippen LogP contribution >= 0.6 is 0 Å². The zero-order chi connectivity index (χ0) is 15.5. The van der Waals surface area contributed by atoms with Crippen molar-refractivity contribution in [1.29, 1.82) is 0 Å². The van der Waals surface area contributed by atoms with Gasteiger partial charge in [0.2, 0.25) is 0 Å². The smallest absolute Gasteiger partial charge is 0.543 e. The van der Waals surface area contributed by atoms with E-state index in [2.05, 4.69) is 0 Å². The van der Waals surface area contributed by atoms with Crippen molar-refractivity contribution in [1.82, 2.24) is 0 Å². The molecule has 0 heterocycles. The summed E-state index contributed by atoms with van der Waals surface area (Å²) in [5.41, 5.74) is 0. The summed E-state index contributed by atoms with van der Waals surface area (Å²) in [4.78, 5) is 53.6. The number of carboxylic acid groups (broad SMARTS) is 6. The first-order valence-electron chi connectivity index (χ1n) is 3.20. The van der Waals surface area contributed by atoms with E-state index >= 15 is 0 Å². The maximum atomic E-state index is 8.93. The summed E-state index contributed by atoms with van der Waals surface area (Å²) in [6, 6.07) is 0. The van der Waals surface area contributed by atoms with Crippen molar-refractivity contribution in [2.24, 2.45) is 0 Å². The predicted molar refractivity (Wildman–Crippen MR) is 62.6 cm³/mol. The Hall–Kier alpha value is -0.787. The average molecular weight is 706 g/mol. The average Bonchev–Trinajstić information content (AvgIpc) is 2.18. The molecule has 176 valence electrons. The summed E-state index contributed by atoms with van der Waals surface area (Å²) in [5.74, 6) is -13.1. The number of carbonyl (C=O) groups is 6. The van der Waals surface area contributed by atoms with Crippen LogP contribution in [0.5, 0.6) is 0 Å². The summed E-state index contributed by atoms with van der Waals surface area (Å²) in [6.45, 7) is 0. The molecule has 0 spiro atoms. The molecule has 0 bridgehead atoms. The Morgan fingerprint density at radius 2 is 0.310 bits per heavy atom. The molecule has 0 aliphatic carbocycles. The number of carbonyl (C=O) groups excluding carboxylic acids is 6. The third-order valence-electron chi connectivity index (χ3n) is 0.500. The fourth-order valence-corrected chi connectivity index (χ4v) is 0. The molecule has 0 unspecified atom stereocenters. The van der Waals surface area contributed by atoms with Crippen LogP contribution in [-0.4, -0.2) is 85.1 Å². The van der Waals surface area contributed by atoms with E-state index in [9.17, 15) is 0 Å². The molecule has 0 aromatic rings. The Morgan fingerprint density at radius 1 is 0.276 bits per heavy atom. The van der Waals surface area contributed by atoms with E-state index in [1.807, 2.05) is 0 Å². The maximum Gasteiger partial charge on any atom is 3.00 e. The van der Waals surface area contributed by atoms with E-state index in [1.54, 1.807) is 0 Å². The molecule has 0 saturated carbocycles. The van der Waals surface area contributed by atoms with Crippen molar-refractivity contribution >= 4 is 35.8 Å². The van der Waals surface area contributed by atoms with Gasteiger partial charge in [0.25, 0.3) is 0 Å². The first-order valence-corrected chi connectivity index (χ1v) is 3.20. The second-order valence-corrected chi connectivity index (χ2v) is 1.72. The van der Waals surface area contributed by atoms with Crippen LogP contribution in [0, 0.1) is 83.5 Å². The normalized spacial score (nSPS) is 4.55. The Balaban J connectivity index is -0.00000000815. The van der Waals surface area contributed by atoms with Crippen molar-refractivity contribution in [3.63, 3.8) is 0 Å². The molecule has 29 heavy (non-hydrogen) atoms.